The number of carbonyl (C=O) groups is 1. The van der Waals surface area contributed by atoms with Crippen LogP contribution in [0.25, 0.3) is 0 Å². The smallest absolute Gasteiger partial charge is 0.166 e. The minimum absolute atomic E-state index is 0.101. The van der Waals surface area contributed by atoms with Gasteiger partial charge in [-0.1, -0.05) is 19.6 Å². The standard InChI is InChI=1S/C13H24N2O2Si/c1-18(2,3)8-7-17-10-15-12-5-4-6-13(16)11(12)9-14/h9H,4-8,10,14H2,1-3H3. The van der Waals surface area contributed by atoms with Crippen molar-refractivity contribution in [1.29, 1.82) is 0 Å². The summed E-state index contributed by atoms with van der Waals surface area (Å²) in [6.45, 7) is 8.04. The molecular weight excluding hydrogens is 244 g/mol. The van der Waals surface area contributed by atoms with Crippen LogP contribution < -0.4 is 5.73 Å². The second-order valence-electron chi connectivity index (χ2n) is 5.81. The zero-order valence-electron chi connectivity index (χ0n) is 11.7. The second-order valence-corrected chi connectivity index (χ2v) is 11.4. The summed E-state index contributed by atoms with van der Waals surface area (Å²) in [5, 5.41) is 0. The summed E-state index contributed by atoms with van der Waals surface area (Å²) in [6, 6.07) is 1.14. The number of ketones is 1. The Morgan fingerprint density at radius 1 is 1.39 bits per heavy atom. The average molecular weight is 268 g/mol. The summed E-state index contributed by atoms with van der Waals surface area (Å²) in [4.78, 5) is 15.9. The molecule has 0 aromatic heterocycles. The van der Waals surface area contributed by atoms with Crippen molar-refractivity contribution >= 4 is 19.6 Å². The van der Waals surface area contributed by atoms with Gasteiger partial charge in [-0.2, -0.15) is 0 Å². The van der Waals surface area contributed by atoms with E-state index in [1.165, 1.54) is 6.20 Å². The number of aliphatic imine (C=N–C) groups is 1. The van der Waals surface area contributed by atoms with Gasteiger partial charge in [0.1, 0.15) is 6.73 Å². The molecule has 0 atom stereocenters. The largest absolute Gasteiger partial charge is 0.404 e. The molecule has 0 radical (unpaired) electrons. The third-order valence-electron chi connectivity index (χ3n) is 2.94. The second kappa shape index (κ2) is 6.85. The molecule has 1 aliphatic rings. The first kappa shape index (κ1) is 15.1. The summed E-state index contributed by atoms with van der Waals surface area (Å²) in [5.74, 6) is 0.101. The van der Waals surface area contributed by atoms with E-state index in [9.17, 15) is 4.79 Å². The molecule has 102 valence electrons. The van der Waals surface area contributed by atoms with Crippen LogP contribution >= 0.6 is 0 Å². The van der Waals surface area contributed by atoms with Gasteiger partial charge in [0.15, 0.2) is 5.78 Å². The van der Waals surface area contributed by atoms with Crippen LogP contribution in [0.15, 0.2) is 16.8 Å². The first-order valence-electron chi connectivity index (χ1n) is 6.50. The highest BCUT2D eigenvalue weighted by Crippen LogP contribution is 2.17. The topological polar surface area (TPSA) is 64.7 Å². The number of Topliss-reactive ketones (excluding diaryl/α,β-unsaturated/α-hetero) is 1. The van der Waals surface area contributed by atoms with Gasteiger partial charge in [-0.05, 0) is 18.9 Å². The summed E-state index contributed by atoms with van der Waals surface area (Å²) in [6.07, 6.45) is 3.65. The van der Waals surface area contributed by atoms with Crippen molar-refractivity contribution in [3.63, 3.8) is 0 Å². The molecule has 4 nitrogen and oxygen atoms in total. The molecule has 18 heavy (non-hydrogen) atoms. The van der Waals surface area contributed by atoms with Crippen molar-refractivity contribution in [2.75, 3.05) is 13.3 Å². The lowest BCUT2D eigenvalue weighted by Crippen LogP contribution is -2.22. The van der Waals surface area contributed by atoms with E-state index in [0.29, 0.717) is 18.7 Å². The molecule has 0 bridgehead atoms. The van der Waals surface area contributed by atoms with Crippen LogP contribution in [0.5, 0.6) is 0 Å². The van der Waals surface area contributed by atoms with Gasteiger partial charge in [-0.15, -0.1) is 0 Å². The number of rotatable bonds is 5. The Balaban J connectivity index is 2.39. The Labute approximate surface area is 110 Å². The molecule has 1 rings (SSSR count). The molecule has 1 fully saturated rings. The first-order chi connectivity index (χ1) is 8.44. The lowest BCUT2D eigenvalue weighted by atomic mass is 9.92. The van der Waals surface area contributed by atoms with E-state index < -0.39 is 8.07 Å². The molecule has 2 N–H and O–H groups in total. The zero-order valence-corrected chi connectivity index (χ0v) is 12.7. The van der Waals surface area contributed by atoms with Crippen LogP contribution in [0, 0.1) is 0 Å². The van der Waals surface area contributed by atoms with E-state index >= 15 is 0 Å². The predicted octanol–water partition coefficient (Wildman–Crippen LogP) is 2.34. The van der Waals surface area contributed by atoms with Gasteiger partial charge in [0, 0.05) is 33.0 Å². The molecule has 0 heterocycles. The van der Waals surface area contributed by atoms with Crippen molar-refractivity contribution in [2.45, 2.75) is 44.9 Å². The number of carbonyl (C=O) groups excluding carboxylic acids is 1. The number of nitrogens with zero attached hydrogens (tertiary/aromatic N) is 1. The van der Waals surface area contributed by atoms with Gasteiger partial charge in [-0.3, -0.25) is 9.79 Å². The monoisotopic (exact) mass is 268 g/mol. The van der Waals surface area contributed by atoms with Crippen LogP contribution in [-0.2, 0) is 9.53 Å². The summed E-state index contributed by atoms with van der Waals surface area (Å²) in [5.41, 5.74) is 6.86. The van der Waals surface area contributed by atoms with Gasteiger partial charge in [0.05, 0.1) is 5.57 Å². The number of hydrogen-bond acceptors (Lipinski definition) is 4. The summed E-state index contributed by atoms with van der Waals surface area (Å²) < 4.78 is 5.51. The van der Waals surface area contributed by atoms with Crippen LogP contribution in [0.2, 0.25) is 25.7 Å². The highest BCUT2D eigenvalue weighted by molar-refractivity contribution is 6.76. The van der Waals surface area contributed by atoms with Crippen molar-refractivity contribution in [3.8, 4) is 0 Å². The number of hydrogen-bond donors (Lipinski definition) is 1. The minimum Gasteiger partial charge on any atom is -0.404 e. The Morgan fingerprint density at radius 2 is 2.11 bits per heavy atom. The predicted molar refractivity (Wildman–Crippen MR) is 77.5 cm³/mol. The fraction of sp³-hybridized carbons (Fsp3) is 0.692. The van der Waals surface area contributed by atoms with Crippen LogP contribution in [0.1, 0.15) is 19.3 Å². The van der Waals surface area contributed by atoms with Crippen LogP contribution in [0.3, 0.4) is 0 Å². The molecule has 0 spiro atoms. The minimum atomic E-state index is -1.04. The maximum absolute atomic E-state index is 11.6. The quantitative estimate of drug-likeness (QED) is 0.473. The summed E-state index contributed by atoms with van der Waals surface area (Å²) >= 11 is 0. The molecule has 1 aliphatic carbocycles. The Bertz CT molecular complexity index is 356. The fourth-order valence-corrected chi connectivity index (χ4v) is 2.52. The van der Waals surface area contributed by atoms with Gasteiger partial charge in [-0.25, -0.2) is 0 Å². The van der Waals surface area contributed by atoms with Crippen LogP contribution in [0.4, 0.5) is 0 Å². The Kier molecular flexibility index (Phi) is 5.75. The normalized spacial score (nSPS) is 21.8. The van der Waals surface area contributed by atoms with Crippen molar-refractivity contribution in [1.82, 2.24) is 0 Å². The molecule has 1 saturated carbocycles. The lowest BCUT2D eigenvalue weighted by molar-refractivity contribution is -0.115. The fourth-order valence-electron chi connectivity index (χ4n) is 1.77. The maximum Gasteiger partial charge on any atom is 0.166 e. The molecule has 5 heteroatoms. The maximum atomic E-state index is 11.6. The molecular formula is C13H24N2O2Si. The molecule has 0 aromatic rings. The van der Waals surface area contributed by atoms with Crippen LogP contribution in [-0.4, -0.2) is 32.9 Å². The van der Waals surface area contributed by atoms with Gasteiger partial charge in [0.2, 0.25) is 0 Å². The van der Waals surface area contributed by atoms with E-state index in [-0.39, 0.29) is 5.78 Å². The SMILES string of the molecule is C[Si](C)(C)CCOCN=C1CCCC(=O)C1=CN. The first-order valence-corrected chi connectivity index (χ1v) is 10.2. The number of nitrogens with two attached hydrogens (primary N) is 1. The van der Waals surface area contributed by atoms with Gasteiger partial charge in [0.25, 0.3) is 0 Å². The molecule has 0 aliphatic heterocycles. The summed E-state index contributed by atoms with van der Waals surface area (Å²) in [7, 11) is -1.04. The van der Waals surface area contributed by atoms with E-state index in [0.717, 1.165) is 31.2 Å². The van der Waals surface area contributed by atoms with E-state index in [1.54, 1.807) is 0 Å². The molecule has 0 saturated heterocycles. The molecule has 0 aromatic carbocycles. The molecule has 0 unspecified atom stereocenters. The number of allylic oxidation sites excluding steroid dienone is 1. The number of ether oxygens (including phenoxy) is 1. The third-order valence-corrected chi connectivity index (χ3v) is 4.64. The van der Waals surface area contributed by atoms with Crippen molar-refractivity contribution < 1.29 is 9.53 Å². The lowest BCUT2D eigenvalue weighted by Gasteiger charge is -2.16. The molecule has 0 amide bonds. The van der Waals surface area contributed by atoms with Crippen molar-refractivity contribution in [2.24, 2.45) is 10.7 Å². The highest BCUT2D eigenvalue weighted by atomic mass is 28.3. The zero-order chi connectivity index (χ0) is 13.6. The average Bonchev–Trinajstić information content (AvgIpc) is 2.27. The van der Waals surface area contributed by atoms with Gasteiger partial charge < -0.3 is 10.5 Å². The van der Waals surface area contributed by atoms with Crippen molar-refractivity contribution in [3.05, 3.63) is 11.8 Å². The van der Waals surface area contributed by atoms with E-state index in [4.69, 9.17) is 10.5 Å². The third kappa shape index (κ3) is 5.14. The van der Waals surface area contributed by atoms with Gasteiger partial charge >= 0.3 is 0 Å². The van der Waals surface area contributed by atoms with E-state index in [2.05, 4.69) is 24.6 Å². The van der Waals surface area contributed by atoms with E-state index in [1.807, 2.05) is 0 Å². The Morgan fingerprint density at radius 3 is 2.72 bits per heavy atom. The highest BCUT2D eigenvalue weighted by Gasteiger charge is 2.20. The Hall–Kier alpha value is -0.943.